The molecule has 0 aromatic heterocycles. The van der Waals surface area contributed by atoms with E-state index < -0.39 is 0 Å². The highest BCUT2D eigenvalue weighted by Gasteiger charge is 2.12. The molecular weight excluding hydrogens is 278 g/mol. The molecule has 0 heterocycles. The van der Waals surface area contributed by atoms with Crippen LogP contribution in [0.3, 0.4) is 0 Å². The van der Waals surface area contributed by atoms with E-state index in [1.807, 2.05) is 30.8 Å². The average Bonchev–Trinajstić information content (AvgIpc) is 2.50. The summed E-state index contributed by atoms with van der Waals surface area (Å²) in [6.45, 7) is 7.05. The zero-order chi connectivity index (χ0) is 15.1. The van der Waals surface area contributed by atoms with E-state index in [1.165, 1.54) is 16.1 Å². The number of hydrogen-bond acceptors (Lipinski definition) is 3. The molecule has 2 aromatic rings. The van der Waals surface area contributed by atoms with Gasteiger partial charge in [-0.1, -0.05) is 37.3 Å². The fourth-order valence-corrected chi connectivity index (χ4v) is 3.07. The third-order valence-corrected chi connectivity index (χ3v) is 4.20. The summed E-state index contributed by atoms with van der Waals surface area (Å²) in [6, 6.07) is 16.9. The number of hydrogen-bond donors (Lipinski definition) is 1. The Morgan fingerprint density at radius 1 is 1.05 bits per heavy atom. The molecule has 0 saturated carbocycles. The molecular formula is C18H23NOS. The number of thioether (sulfide) groups is 1. The van der Waals surface area contributed by atoms with Gasteiger partial charge in [0.05, 0.1) is 12.6 Å². The SMILES string of the molecule is CCOc1ccccc1C(C)Nc1ccccc1SCC. The van der Waals surface area contributed by atoms with Crippen molar-refractivity contribution in [2.45, 2.75) is 31.7 Å². The lowest BCUT2D eigenvalue weighted by molar-refractivity contribution is 0.335. The number of anilines is 1. The molecule has 2 aromatic carbocycles. The van der Waals surface area contributed by atoms with Crippen molar-refractivity contribution in [1.29, 1.82) is 0 Å². The molecule has 1 unspecified atom stereocenters. The molecule has 0 aliphatic rings. The predicted octanol–water partition coefficient (Wildman–Crippen LogP) is 5.37. The van der Waals surface area contributed by atoms with Crippen LogP contribution in [0, 0.1) is 0 Å². The van der Waals surface area contributed by atoms with Crippen LogP contribution in [0.2, 0.25) is 0 Å². The van der Waals surface area contributed by atoms with E-state index in [0.717, 1.165) is 11.5 Å². The van der Waals surface area contributed by atoms with Crippen LogP contribution in [0.25, 0.3) is 0 Å². The second-order valence-electron chi connectivity index (χ2n) is 4.77. The maximum absolute atomic E-state index is 5.73. The van der Waals surface area contributed by atoms with Crippen LogP contribution in [-0.2, 0) is 0 Å². The average molecular weight is 301 g/mol. The smallest absolute Gasteiger partial charge is 0.124 e. The van der Waals surface area contributed by atoms with Gasteiger partial charge in [0, 0.05) is 16.1 Å². The minimum Gasteiger partial charge on any atom is -0.494 e. The van der Waals surface area contributed by atoms with Crippen molar-refractivity contribution in [2.24, 2.45) is 0 Å². The van der Waals surface area contributed by atoms with Crippen LogP contribution in [-0.4, -0.2) is 12.4 Å². The maximum atomic E-state index is 5.73. The van der Waals surface area contributed by atoms with E-state index in [2.05, 4.69) is 55.6 Å². The maximum Gasteiger partial charge on any atom is 0.124 e. The molecule has 0 aliphatic heterocycles. The van der Waals surface area contributed by atoms with Crippen LogP contribution < -0.4 is 10.1 Å². The predicted molar refractivity (Wildman–Crippen MR) is 92.5 cm³/mol. The zero-order valence-electron chi connectivity index (χ0n) is 12.9. The summed E-state index contributed by atoms with van der Waals surface area (Å²) in [5, 5.41) is 3.61. The number of nitrogens with one attached hydrogen (secondary N) is 1. The molecule has 0 spiro atoms. The van der Waals surface area contributed by atoms with Crippen molar-refractivity contribution in [1.82, 2.24) is 0 Å². The third kappa shape index (κ3) is 4.18. The molecule has 112 valence electrons. The van der Waals surface area contributed by atoms with Gasteiger partial charge in [0.25, 0.3) is 0 Å². The van der Waals surface area contributed by atoms with Gasteiger partial charge in [0.1, 0.15) is 5.75 Å². The molecule has 0 fully saturated rings. The summed E-state index contributed by atoms with van der Waals surface area (Å²) in [6.07, 6.45) is 0. The third-order valence-electron chi connectivity index (χ3n) is 3.24. The minimum absolute atomic E-state index is 0.200. The Bertz CT molecular complexity index is 571. The van der Waals surface area contributed by atoms with Gasteiger partial charge in [-0.2, -0.15) is 0 Å². The first-order valence-electron chi connectivity index (χ1n) is 7.46. The van der Waals surface area contributed by atoms with E-state index in [-0.39, 0.29) is 6.04 Å². The summed E-state index contributed by atoms with van der Waals surface area (Å²) in [7, 11) is 0. The molecule has 0 amide bonds. The zero-order valence-corrected chi connectivity index (χ0v) is 13.7. The summed E-state index contributed by atoms with van der Waals surface area (Å²) in [4.78, 5) is 1.29. The van der Waals surface area contributed by atoms with Crippen molar-refractivity contribution >= 4 is 17.4 Å². The van der Waals surface area contributed by atoms with Crippen molar-refractivity contribution in [2.75, 3.05) is 17.7 Å². The Balaban J connectivity index is 2.20. The van der Waals surface area contributed by atoms with E-state index in [0.29, 0.717) is 6.61 Å². The summed E-state index contributed by atoms with van der Waals surface area (Å²) in [5.41, 5.74) is 2.37. The van der Waals surface area contributed by atoms with Gasteiger partial charge >= 0.3 is 0 Å². The van der Waals surface area contributed by atoms with Gasteiger partial charge in [-0.15, -0.1) is 11.8 Å². The summed E-state index contributed by atoms with van der Waals surface area (Å²) >= 11 is 1.86. The van der Waals surface area contributed by atoms with Gasteiger partial charge in [-0.3, -0.25) is 0 Å². The molecule has 2 nitrogen and oxygen atoms in total. The molecule has 0 radical (unpaired) electrons. The van der Waals surface area contributed by atoms with Crippen LogP contribution in [0.15, 0.2) is 53.4 Å². The summed E-state index contributed by atoms with van der Waals surface area (Å²) < 4.78 is 5.73. The Morgan fingerprint density at radius 3 is 2.52 bits per heavy atom. The van der Waals surface area contributed by atoms with E-state index in [4.69, 9.17) is 4.74 Å². The van der Waals surface area contributed by atoms with Gasteiger partial charge < -0.3 is 10.1 Å². The minimum atomic E-state index is 0.200. The normalized spacial score (nSPS) is 12.0. The lowest BCUT2D eigenvalue weighted by atomic mass is 10.1. The molecule has 3 heteroatoms. The van der Waals surface area contributed by atoms with Gasteiger partial charge in [-0.05, 0) is 37.8 Å². The molecule has 2 rings (SSSR count). The largest absolute Gasteiger partial charge is 0.494 e. The van der Waals surface area contributed by atoms with Crippen LogP contribution in [0.1, 0.15) is 32.4 Å². The second-order valence-corrected chi connectivity index (χ2v) is 6.07. The van der Waals surface area contributed by atoms with E-state index in [1.54, 1.807) is 0 Å². The van der Waals surface area contributed by atoms with Crippen molar-refractivity contribution in [3.05, 3.63) is 54.1 Å². The van der Waals surface area contributed by atoms with Crippen LogP contribution >= 0.6 is 11.8 Å². The molecule has 21 heavy (non-hydrogen) atoms. The van der Waals surface area contributed by atoms with E-state index in [9.17, 15) is 0 Å². The van der Waals surface area contributed by atoms with Gasteiger partial charge in [-0.25, -0.2) is 0 Å². The first kappa shape index (κ1) is 15.8. The Kier molecular flexibility index (Phi) is 6.00. The first-order valence-corrected chi connectivity index (χ1v) is 8.44. The number of para-hydroxylation sites is 2. The molecule has 0 saturated heterocycles. The van der Waals surface area contributed by atoms with Gasteiger partial charge in [0.2, 0.25) is 0 Å². The fourth-order valence-electron chi connectivity index (χ4n) is 2.30. The lowest BCUT2D eigenvalue weighted by Crippen LogP contribution is -2.09. The second kappa shape index (κ2) is 7.99. The van der Waals surface area contributed by atoms with Crippen LogP contribution in [0.4, 0.5) is 5.69 Å². The fraction of sp³-hybridized carbons (Fsp3) is 0.333. The summed E-state index contributed by atoms with van der Waals surface area (Å²) in [5.74, 6) is 2.03. The first-order chi connectivity index (χ1) is 10.3. The van der Waals surface area contributed by atoms with Crippen LogP contribution in [0.5, 0.6) is 5.75 Å². The molecule has 0 aliphatic carbocycles. The monoisotopic (exact) mass is 301 g/mol. The number of benzene rings is 2. The van der Waals surface area contributed by atoms with Crippen molar-refractivity contribution in [3.63, 3.8) is 0 Å². The molecule has 1 N–H and O–H groups in total. The lowest BCUT2D eigenvalue weighted by Gasteiger charge is -2.20. The van der Waals surface area contributed by atoms with Crippen molar-refractivity contribution in [3.8, 4) is 5.75 Å². The highest BCUT2D eigenvalue weighted by Crippen LogP contribution is 2.32. The van der Waals surface area contributed by atoms with Gasteiger partial charge in [0.15, 0.2) is 0 Å². The quantitative estimate of drug-likeness (QED) is 0.695. The highest BCUT2D eigenvalue weighted by molar-refractivity contribution is 7.99. The molecule has 1 atom stereocenters. The number of rotatable bonds is 7. The van der Waals surface area contributed by atoms with E-state index >= 15 is 0 Å². The highest BCUT2D eigenvalue weighted by atomic mass is 32.2. The number of ether oxygens (including phenoxy) is 1. The standard InChI is InChI=1S/C18H23NOS/c1-4-20-17-12-8-6-10-15(17)14(3)19-16-11-7-9-13-18(16)21-5-2/h6-14,19H,4-5H2,1-3H3. The Morgan fingerprint density at radius 2 is 1.76 bits per heavy atom. The Labute approximate surface area is 131 Å². The van der Waals surface area contributed by atoms with Crippen molar-refractivity contribution < 1.29 is 4.74 Å². The molecule has 0 bridgehead atoms. The Hall–Kier alpha value is -1.61. The topological polar surface area (TPSA) is 21.3 Å².